The van der Waals surface area contributed by atoms with E-state index < -0.39 is 12.0 Å². The van der Waals surface area contributed by atoms with Gasteiger partial charge in [0, 0.05) is 24.1 Å². The Morgan fingerprint density at radius 3 is 2.69 bits per heavy atom. The Morgan fingerprint density at radius 2 is 1.90 bits per heavy atom. The second-order valence-corrected chi connectivity index (χ2v) is 6.37. The molecule has 0 aliphatic heterocycles. The van der Waals surface area contributed by atoms with Crippen LogP contribution in [-0.2, 0) is 17.8 Å². The first-order valence-electron chi connectivity index (χ1n) is 9.25. The number of nitrogens with zero attached hydrogens (tertiary/aromatic N) is 1. The van der Waals surface area contributed by atoms with Gasteiger partial charge in [0.15, 0.2) is 0 Å². The van der Waals surface area contributed by atoms with Gasteiger partial charge in [-0.05, 0) is 55.0 Å². The Kier molecular flexibility index (Phi) is 6.63. The molecule has 0 saturated carbocycles. The molecule has 1 aromatic heterocycles. The smallest absolute Gasteiger partial charge is 0.338 e. The maximum absolute atomic E-state index is 13.4. The number of esters is 1. The second kappa shape index (κ2) is 9.54. The lowest BCUT2D eigenvalue weighted by molar-refractivity contribution is 0.0526. The van der Waals surface area contributed by atoms with Crippen molar-refractivity contribution in [3.8, 4) is 0 Å². The molecule has 0 atom stereocenters. The average molecular weight is 395 g/mol. The van der Waals surface area contributed by atoms with Crippen LogP contribution in [0.1, 0.15) is 28.5 Å². The van der Waals surface area contributed by atoms with E-state index in [-0.39, 0.29) is 12.4 Å². The fraction of sp³-hybridized carbons (Fsp3) is 0.182. The van der Waals surface area contributed by atoms with Gasteiger partial charge >= 0.3 is 12.0 Å². The van der Waals surface area contributed by atoms with Crippen LogP contribution in [0, 0.1) is 5.82 Å². The number of aromatic nitrogens is 1. The van der Waals surface area contributed by atoms with E-state index in [1.54, 1.807) is 37.3 Å². The Labute approximate surface area is 168 Å². The molecule has 6 nitrogen and oxygen atoms in total. The molecular formula is C22H22FN3O3. The predicted molar refractivity (Wildman–Crippen MR) is 108 cm³/mol. The van der Waals surface area contributed by atoms with E-state index in [0.29, 0.717) is 24.3 Å². The lowest BCUT2D eigenvalue weighted by Crippen LogP contribution is -2.29. The minimum atomic E-state index is -0.438. The Hall–Kier alpha value is -3.61. The van der Waals surface area contributed by atoms with E-state index in [1.165, 1.54) is 12.1 Å². The van der Waals surface area contributed by atoms with Crippen molar-refractivity contribution in [2.24, 2.45) is 0 Å². The average Bonchev–Trinajstić information content (AvgIpc) is 3.14. The highest BCUT2D eigenvalue weighted by Crippen LogP contribution is 2.12. The number of anilines is 1. The zero-order valence-electron chi connectivity index (χ0n) is 16.0. The van der Waals surface area contributed by atoms with Gasteiger partial charge in [0.25, 0.3) is 0 Å². The van der Waals surface area contributed by atoms with Crippen molar-refractivity contribution in [1.29, 1.82) is 0 Å². The summed E-state index contributed by atoms with van der Waals surface area (Å²) in [5.41, 5.74) is 2.57. The highest BCUT2D eigenvalue weighted by molar-refractivity contribution is 5.93. The molecule has 3 rings (SSSR count). The summed E-state index contributed by atoms with van der Waals surface area (Å²) in [4.78, 5) is 24.0. The third-order valence-electron chi connectivity index (χ3n) is 4.23. The molecule has 0 spiro atoms. The molecule has 0 fully saturated rings. The highest BCUT2D eigenvalue weighted by Gasteiger charge is 2.09. The van der Waals surface area contributed by atoms with E-state index in [4.69, 9.17) is 4.74 Å². The Morgan fingerprint density at radius 1 is 1.07 bits per heavy atom. The van der Waals surface area contributed by atoms with Crippen LogP contribution >= 0.6 is 0 Å². The van der Waals surface area contributed by atoms with Crippen LogP contribution in [0.4, 0.5) is 14.9 Å². The summed E-state index contributed by atoms with van der Waals surface area (Å²) in [5, 5.41) is 5.49. The third kappa shape index (κ3) is 5.68. The van der Waals surface area contributed by atoms with E-state index in [1.807, 2.05) is 29.0 Å². The first kappa shape index (κ1) is 20.1. The highest BCUT2D eigenvalue weighted by atomic mass is 19.1. The standard InChI is InChI=1S/C22H22FN3O3/c1-2-29-21(27)17-7-4-9-19(13-17)25-22(28)24-14-20-10-5-11-26(20)15-16-6-3-8-18(23)12-16/h3-13H,2,14-15H2,1H3,(H2,24,25,28). The summed E-state index contributed by atoms with van der Waals surface area (Å²) in [6, 6.07) is 16.3. The number of hydrogen-bond donors (Lipinski definition) is 2. The maximum atomic E-state index is 13.4. The van der Waals surface area contributed by atoms with Crippen molar-refractivity contribution in [3.05, 3.63) is 89.5 Å². The van der Waals surface area contributed by atoms with Gasteiger partial charge in [0.05, 0.1) is 18.7 Å². The SMILES string of the molecule is CCOC(=O)c1cccc(NC(=O)NCc2cccn2Cc2cccc(F)c2)c1. The van der Waals surface area contributed by atoms with Crippen molar-refractivity contribution in [3.63, 3.8) is 0 Å². The first-order chi connectivity index (χ1) is 14.0. The molecular weight excluding hydrogens is 373 g/mol. The number of carbonyl (C=O) groups excluding carboxylic acids is 2. The number of nitrogens with one attached hydrogen (secondary N) is 2. The lowest BCUT2D eigenvalue weighted by atomic mass is 10.2. The van der Waals surface area contributed by atoms with Gasteiger partial charge in [-0.2, -0.15) is 0 Å². The molecule has 0 aliphatic carbocycles. The normalized spacial score (nSPS) is 10.4. The van der Waals surface area contributed by atoms with Gasteiger partial charge in [-0.25, -0.2) is 14.0 Å². The molecule has 3 aromatic rings. The summed E-state index contributed by atoms with van der Waals surface area (Å²) in [6.07, 6.45) is 1.88. The fourth-order valence-corrected chi connectivity index (χ4v) is 2.88. The van der Waals surface area contributed by atoms with Crippen LogP contribution in [0.2, 0.25) is 0 Å². The Bertz CT molecular complexity index is 1000. The summed E-state index contributed by atoms with van der Waals surface area (Å²) < 4.78 is 20.3. The zero-order valence-corrected chi connectivity index (χ0v) is 16.0. The molecule has 0 bridgehead atoms. The molecule has 2 N–H and O–H groups in total. The molecule has 150 valence electrons. The van der Waals surface area contributed by atoms with Gasteiger partial charge in [-0.3, -0.25) is 0 Å². The Balaban J connectivity index is 1.57. The summed E-state index contributed by atoms with van der Waals surface area (Å²) >= 11 is 0. The summed E-state index contributed by atoms with van der Waals surface area (Å²) in [6.45, 7) is 2.82. The van der Waals surface area contributed by atoms with Crippen molar-refractivity contribution in [2.45, 2.75) is 20.0 Å². The number of carbonyl (C=O) groups is 2. The van der Waals surface area contributed by atoms with Gasteiger partial charge in [0.2, 0.25) is 0 Å². The van der Waals surface area contributed by atoms with Crippen molar-refractivity contribution < 1.29 is 18.7 Å². The van der Waals surface area contributed by atoms with Crippen LogP contribution in [0.5, 0.6) is 0 Å². The third-order valence-corrected chi connectivity index (χ3v) is 4.23. The molecule has 2 aromatic carbocycles. The van der Waals surface area contributed by atoms with E-state index >= 15 is 0 Å². The van der Waals surface area contributed by atoms with Crippen LogP contribution in [0.25, 0.3) is 0 Å². The molecule has 29 heavy (non-hydrogen) atoms. The minimum absolute atomic E-state index is 0.279. The zero-order chi connectivity index (χ0) is 20.6. The second-order valence-electron chi connectivity index (χ2n) is 6.37. The number of halogens is 1. The van der Waals surface area contributed by atoms with Crippen LogP contribution in [0.3, 0.4) is 0 Å². The lowest BCUT2D eigenvalue weighted by Gasteiger charge is -2.12. The van der Waals surface area contributed by atoms with E-state index in [2.05, 4.69) is 10.6 Å². The molecule has 0 unspecified atom stereocenters. The van der Waals surface area contributed by atoms with Crippen LogP contribution in [0.15, 0.2) is 66.9 Å². The van der Waals surface area contributed by atoms with Gasteiger partial charge < -0.3 is 19.9 Å². The maximum Gasteiger partial charge on any atom is 0.338 e. The number of amides is 2. The topological polar surface area (TPSA) is 72.4 Å². The molecule has 0 radical (unpaired) electrons. The predicted octanol–water partition coefficient (Wildman–Crippen LogP) is 4.17. The van der Waals surface area contributed by atoms with E-state index in [9.17, 15) is 14.0 Å². The monoisotopic (exact) mass is 395 g/mol. The summed E-state index contributed by atoms with van der Waals surface area (Å²) in [7, 11) is 0. The number of rotatable bonds is 7. The van der Waals surface area contributed by atoms with Crippen molar-refractivity contribution in [1.82, 2.24) is 9.88 Å². The van der Waals surface area contributed by atoms with Crippen LogP contribution < -0.4 is 10.6 Å². The van der Waals surface area contributed by atoms with Crippen LogP contribution in [-0.4, -0.2) is 23.2 Å². The molecule has 1 heterocycles. The largest absolute Gasteiger partial charge is 0.462 e. The minimum Gasteiger partial charge on any atom is -0.462 e. The fourth-order valence-electron chi connectivity index (χ4n) is 2.88. The van der Waals surface area contributed by atoms with Gasteiger partial charge in [-0.15, -0.1) is 0 Å². The molecule has 7 heteroatoms. The van der Waals surface area contributed by atoms with E-state index in [0.717, 1.165) is 11.3 Å². The molecule has 0 aliphatic rings. The van der Waals surface area contributed by atoms with Crippen molar-refractivity contribution >= 4 is 17.7 Å². The number of benzene rings is 2. The number of urea groups is 1. The quantitative estimate of drug-likeness (QED) is 0.590. The molecule has 2 amide bonds. The summed E-state index contributed by atoms with van der Waals surface area (Å²) in [5.74, 6) is -0.717. The molecule has 0 saturated heterocycles. The number of hydrogen-bond acceptors (Lipinski definition) is 3. The van der Waals surface area contributed by atoms with Gasteiger partial charge in [0.1, 0.15) is 5.82 Å². The van der Waals surface area contributed by atoms with Crippen molar-refractivity contribution in [2.75, 3.05) is 11.9 Å². The number of ether oxygens (including phenoxy) is 1. The first-order valence-corrected chi connectivity index (χ1v) is 9.25. The van der Waals surface area contributed by atoms with Gasteiger partial charge in [-0.1, -0.05) is 18.2 Å².